The molecule has 0 saturated heterocycles. The van der Waals surface area contributed by atoms with Gasteiger partial charge in [0.05, 0.1) is 12.3 Å². The zero-order chi connectivity index (χ0) is 17.5. The molecule has 0 unspecified atom stereocenters. The lowest BCUT2D eigenvalue weighted by atomic mass is 10.1. The number of benzene rings is 2. The summed E-state index contributed by atoms with van der Waals surface area (Å²) in [6, 6.07) is 12.7. The molecule has 4 nitrogen and oxygen atoms in total. The van der Waals surface area contributed by atoms with Gasteiger partial charge in [0.2, 0.25) is 0 Å². The Morgan fingerprint density at radius 3 is 2.54 bits per heavy atom. The van der Waals surface area contributed by atoms with Gasteiger partial charge in [0.15, 0.2) is 5.11 Å². The van der Waals surface area contributed by atoms with Crippen LogP contribution in [0.1, 0.15) is 19.4 Å². The van der Waals surface area contributed by atoms with Crippen LogP contribution in [0.2, 0.25) is 10.0 Å². The van der Waals surface area contributed by atoms with Crippen molar-refractivity contribution in [3.8, 4) is 5.75 Å². The first kappa shape index (κ1) is 18.5. The van der Waals surface area contributed by atoms with E-state index in [1.54, 1.807) is 18.2 Å². The van der Waals surface area contributed by atoms with Crippen molar-refractivity contribution in [1.29, 1.82) is 0 Å². The number of rotatable bonds is 5. The molecule has 126 valence electrons. The van der Waals surface area contributed by atoms with Gasteiger partial charge in [0, 0.05) is 21.3 Å². The number of nitrogens with zero attached hydrogens (tertiary/aromatic N) is 1. The fourth-order valence-electron chi connectivity index (χ4n) is 1.93. The number of hydrogen-bond donors (Lipinski definition) is 2. The van der Waals surface area contributed by atoms with Crippen LogP contribution in [0.5, 0.6) is 5.75 Å². The number of halogens is 2. The van der Waals surface area contributed by atoms with Crippen molar-refractivity contribution in [3.05, 3.63) is 58.1 Å². The third-order valence-corrected chi connectivity index (χ3v) is 3.82. The van der Waals surface area contributed by atoms with E-state index in [0.717, 1.165) is 17.0 Å². The van der Waals surface area contributed by atoms with E-state index in [9.17, 15) is 0 Å². The van der Waals surface area contributed by atoms with Crippen molar-refractivity contribution in [2.45, 2.75) is 13.8 Å². The van der Waals surface area contributed by atoms with Gasteiger partial charge in [-0.3, -0.25) is 5.43 Å². The SMILES string of the molecule is CCOc1ccc(NC(=S)N/N=C(\C)c2cc(Cl)ccc2Cl)cc1. The molecule has 0 saturated carbocycles. The molecule has 2 aromatic carbocycles. The molecule has 0 aromatic heterocycles. The molecular formula is C17H17Cl2N3OS. The molecule has 0 spiro atoms. The second-order valence-corrected chi connectivity index (χ2v) is 6.10. The Bertz CT molecular complexity index is 748. The topological polar surface area (TPSA) is 45.6 Å². The second kappa shape index (κ2) is 8.87. The average molecular weight is 382 g/mol. The van der Waals surface area contributed by atoms with Crippen LogP contribution in [0.4, 0.5) is 5.69 Å². The molecule has 0 aliphatic heterocycles. The zero-order valence-electron chi connectivity index (χ0n) is 13.3. The smallest absolute Gasteiger partial charge is 0.191 e. The van der Waals surface area contributed by atoms with Gasteiger partial charge in [-0.2, -0.15) is 5.10 Å². The van der Waals surface area contributed by atoms with Gasteiger partial charge in [-0.05, 0) is 68.5 Å². The van der Waals surface area contributed by atoms with Crippen molar-refractivity contribution in [2.75, 3.05) is 11.9 Å². The molecule has 0 radical (unpaired) electrons. The zero-order valence-corrected chi connectivity index (χ0v) is 15.6. The van der Waals surface area contributed by atoms with E-state index in [-0.39, 0.29) is 0 Å². The van der Waals surface area contributed by atoms with Crippen LogP contribution < -0.4 is 15.5 Å². The van der Waals surface area contributed by atoms with Crippen LogP contribution in [0.25, 0.3) is 0 Å². The first-order valence-electron chi connectivity index (χ1n) is 7.29. The first-order chi connectivity index (χ1) is 11.5. The first-order valence-corrected chi connectivity index (χ1v) is 8.45. The van der Waals surface area contributed by atoms with Crippen LogP contribution in [0, 0.1) is 0 Å². The van der Waals surface area contributed by atoms with Crippen molar-refractivity contribution in [3.63, 3.8) is 0 Å². The Labute approximate surface area is 156 Å². The number of hydrazone groups is 1. The summed E-state index contributed by atoms with van der Waals surface area (Å²) in [6.07, 6.45) is 0. The Balaban J connectivity index is 1.97. The van der Waals surface area contributed by atoms with Crippen molar-refractivity contribution >= 4 is 51.9 Å². The normalized spacial score (nSPS) is 11.1. The summed E-state index contributed by atoms with van der Waals surface area (Å²) in [5, 5.41) is 8.82. The van der Waals surface area contributed by atoms with Gasteiger partial charge in [-0.25, -0.2) is 0 Å². The summed E-state index contributed by atoms with van der Waals surface area (Å²) >= 11 is 17.4. The predicted molar refractivity (Wildman–Crippen MR) is 106 cm³/mol. The maximum Gasteiger partial charge on any atom is 0.191 e. The summed E-state index contributed by atoms with van der Waals surface area (Å²) in [7, 11) is 0. The summed E-state index contributed by atoms with van der Waals surface area (Å²) in [5.41, 5.74) is 5.06. The monoisotopic (exact) mass is 381 g/mol. The van der Waals surface area contributed by atoms with Crippen LogP contribution in [-0.2, 0) is 0 Å². The summed E-state index contributed by atoms with van der Waals surface area (Å²) < 4.78 is 5.39. The molecule has 0 heterocycles. The average Bonchev–Trinajstić information content (AvgIpc) is 2.57. The Morgan fingerprint density at radius 2 is 1.88 bits per heavy atom. The van der Waals surface area contributed by atoms with Crippen molar-refractivity contribution < 1.29 is 4.74 Å². The molecule has 0 atom stereocenters. The predicted octanol–water partition coefficient (Wildman–Crippen LogP) is 5.10. The van der Waals surface area contributed by atoms with Gasteiger partial charge in [0.25, 0.3) is 0 Å². The van der Waals surface area contributed by atoms with Crippen molar-refractivity contribution in [1.82, 2.24) is 5.43 Å². The van der Waals surface area contributed by atoms with E-state index in [1.165, 1.54) is 0 Å². The molecule has 0 fully saturated rings. The van der Waals surface area contributed by atoms with Crippen LogP contribution in [-0.4, -0.2) is 17.4 Å². The van der Waals surface area contributed by atoms with Gasteiger partial charge in [-0.15, -0.1) is 0 Å². The molecule has 24 heavy (non-hydrogen) atoms. The Hall–Kier alpha value is -1.82. The van der Waals surface area contributed by atoms with E-state index in [0.29, 0.717) is 27.5 Å². The van der Waals surface area contributed by atoms with Gasteiger partial charge >= 0.3 is 0 Å². The maximum absolute atomic E-state index is 6.15. The lowest BCUT2D eigenvalue weighted by molar-refractivity contribution is 0.340. The highest BCUT2D eigenvalue weighted by Crippen LogP contribution is 2.21. The third-order valence-electron chi connectivity index (χ3n) is 3.07. The summed E-state index contributed by atoms with van der Waals surface area (Å²) in [4.78, 5) is 0. The molecule has 2 aromatic rings. The maximum atomic E-state index is 6.15. The number of thiocarbonyl (C=S) groups is 1. The number of nitrogens with one attached hydrogen (secondary N) is 2. The highest BCUT2D eigenvalue weighted by Gasteiger charge is 2.05. The molecule has 0 bridgehead atoms. The molecule has 2 rings (SSSR count). The van der Waals surface area contributed by atoms with E-state index in [4.69, 9.17) is 40.2 Å². The molecule has 7 heteroatoms. The third kappa shape index (κ3) is 5.37. The Morgan fingerprint density at radius 1 is 1.17 bits per heavy atom. The van der Waals surface area contributed by atoms with Gasteiger partial charge < -0.3 is 10.1 Å². The molecule has 0 amide bonds. The largest absolute Gasteiger partial charge is 0.494 e. The molecule has 2 N–H and O–H groups in total. The van der Waals surface area contributed by atoms with Gasteiger partial charge in [-0.1, -0.05) is 23.2 Å². The van der Waals surface area contributed by atoms with Crippen LogP contribution >= 0.6 is 35.4 Å². The van der Waals surface area contributed by atoms with E-state index in [2.05, 4.69) is 15.8 Å². The van der Waals surface area contributed by atoms with Crippen LogP contribution in [0.15, 0.2) is 47.6 Å². The number of anilines is 1. The number of ether oxygens (including phenoxy) is 1. The molecule has 0 aliphatic carbocycles. The van der Waals surface area contributed by atoms with E-state index < -0.39 is 0 Å². The Kier molecular flexibility index (Phi) is 6.85. The minimum atomic E-state index is 0.372. The van der Waals surface area contributed by atoms with E-state index in [1.807, 2.05) is 38.1 Å². The van der Waals surface area contributed by atoms with E-state index >= 15 is 0 Å². The molecular weight excluding hydrogens is 365 g/mol. The quantitative estimate of drug-likeness (QED) is 0.429. The fourth-order valence-corrected chi connectivity index (χ4v) is 2.52. The lowest BCUT2D eigenvalue weighted by Gasteiger charge is -2.10. The van der Waals surface area contributed by atoms with Crippen molar-refractivity contribution in [2.24, 2.45) is 5.10 Å². The standard InChI is InChI=1S/C17H17Cl2N3OS/c1-3-23-14-7-5-13(6-8-14)20-17(24)22-21-11(2)15-10-12(18)4-9-16(15)19/h4-10H,3H2,1-2H3,(H2,20,22,24)/b21-11+. The fraction of sp³-hybridized carbons (Fsp3) is 0.176. The van der Waals surface area contributed by atoms with Gasteiger partial charge in [0.1, 0.15) is 5.75 Å². The minimum absolute atomic E-state index is 0.372. The molecule has 0 aliphatic rings. The highest BCUT2D eigenvalue weighted by atomic mass is 35.5. The minimum Gasteiger partial charge on any atom is -0.494 e. The highest BCUT2D eigenvalue weighted by molar-refractivity contribution is 7.80. The second-order valence-electron chi connectivity index (χ2n) is 4.84. The van der Waals surface area contributed by atoms with Crippen LogP contribution in [0.3, 0.4) is 0 Å². The number of hydrogen-bond acceptors (Lipinski definition) is 3. The summed E-state index contributed by atoms with van der Waals surface area (Å²) in [5.74, 6) is 0.811. The summed E-state index contributed by atoms with van der Waals surface area (Å²) in [6.45, 7) is 4.40. The lowest BCUT2D eigenvalue weighted by Crippen LogP contribution is -2.25.